The van der Waals surface area contributed by atoms with Crippen LogP contribution < -0.4 is 0 Å². The molecule has 0 saturated carbocycles. The SMILES string of the molecule is Cc1ccccc1/C=C1\CN(C(=O)c2cccn2C)C/C(=C\c2ccccc2F)C1=O. The molecule has 1 aliphatic rings. The maximum Gasteiger partial charge on any atom is 0.271 e. The summed E-state index contributed by atoms with van der Waals surface area (Å²) < 4.78 is 16.0. The van der Waals surface area contributed by atoms with E-state index in [4.69, 9.17) is 0 Å². The number of halogens is 1. The van der Waals surface area contributed by atoms with Crippen molar-refractivity contribution >= 4 is 23.8 Å². The van der Waals surface area contributed by atoms with Crippen molar-refractivity contribution in [2.45, 2.75) is 6.92 Å². The van der Waals surface area contributed by atoms with Gasteiger partial charge < -0.3 is 9.47 Å². The van der Waals surface area contributed by atoms with E-state index in [-0.39, 0.29) is 24.8 Å². The molecule has 3 aromatic rings. The second-order valence-corrected chi connectivity index (χ2v) is 7.71. The average Bonchev–Trinajstić information content (AvgIpc) is 3.19. The number of hydrogen-bond acceptors (Lipinski definition) is 2. The molecule has 1 saturated heterocycles. The maximum absolute atomic E-state index is 14.2. The Kier molecular flexibility index (Phi) is 5.67. The van der Waals surface area contributed by atoms with Crippen LogP contribution in [0.4, 0.5) is 4.39 Å². The van der Waals surface area contributed by atoms with E-state index in [0.717, 1.165) is 11.1 Å². The number of ketones is 1. The Balaban J connectivity index is 1.77. The fourth-order valence-electron chi connectivity index (χ4n) is 3.74. The quantitative estimate of drug-likeness (QED) is 0.585. The topological polar surface area (TPSA) is 42.3 Å². The third-order valence-corrected chi connectivity index (χ3v) is 5.51. The van der Waals surface area contributed by atoms with Crippen LogP contribution in [0, 0.1) is 12.7 Å². The smallest absolute Gasteiger partial charge is 0.271 e. The summed E-state index contributed by atoms with van der Waals surface area (Å²) in [6.07, 6.45) is 5.19. The van der Waals surface area contributed by atoms with Gasteiger partial charge in [0.2, 0.25) is 0 Å². The van der Waals surface area contributed by atoms with Crippen LogP contribution >= 0.6 is 0 Å². The van der Waals surface area contributed by atoms with Crippen molar-refractivity contribution in [3.8, 4) is 0 Å². The van der Waals surface area contributed by atoms with Gasteiger partial charge in [-0.05, 0) is 48.4 Å². The monoisotopic (exact) mass is 414 g/mol. The fraction of sp³-hybridized carbons (Fsp3) is 0.154. The van der Waals surface area contributed by atoms with Gasteiger partial charge in [0.25, 0.3) is 5.91 Å². The fourth-order valence-corrected chi connectivity index (χ4v) is 3.74. The molecule has 156 valence electrons. The first-order chi connectivity index (χ1) is 14.9. The first-order valence-electron chi connectivity index (χ1n) is 10.1. The van der Waals surface area contributed by atoms with Gasteiger partial charge in [-0.2, -0.15) is 0 Å². The van der Waals surface area contributed by atoms with E-state index in [0.29, 0.717) is 22.4 Å². The number of aryl methyl sites for hydroxylation is 2. The predicted octanol–water partition coefficient (Wildman–Crippen LogP) is 4.66. The third-order valence-electron chi connectivity index (χ3n) is 5.51. The Morgan fingerprint density at radius 3 is 2.13 bits per heavy atom. The summed E-state index contributed by atoms with van der Waals surface area (Å²) in [5.41, 5.74) is 3.71. The molecule has 31 heavy (non-hydrogen) atoms. The number of piperidine rings is 1. The molecule has 0 spiro atoms. The third kappa shape index (κ3) is 4.26. The molecule has 4 nitrogen and oxygen atoms in total. The molecule has 1 aromatic heterocycles. The van der Waals surface area contributed by atoms with Gasteiger partial charge in [-0.25, -0.2) is 4.39 Å². The van der Waals surface area contributed by atoms with Crippen LogP contribution in [-0.4, -0.2) is 34.2 Å². The molecule has 0 N–H and O–H groups in total. The molecule has 2 heterocycles. The normalized spacial score (nSPS) is 16.9. The van der Waals surface area contributed by atoms with Crippen LogP contribution in [0.3, 0.4) is 0 Å². The predicted molar refractivity (Wildman–Crippen MR) is 120 cm³/mol. The Bertz CT molecular complexity index is 1150. The van der Waals surface area contributed by atoms with E-state index in [9.17, 15) is 14.0 Å². The summed E-state index contributed by atoms with van der Waals surface area (Å²) >= 11 is 0. The summed E-state index contributed by atoms with van der Waals surface area (Å²) in [6, 6.07) is 17.6. The minimum atomic E-state index is -0.405. The van der Waals surface area contributed by atoms with Crippen molar-refractivity contribution in [2.24, 2.45) is 7.05 Å². The van der Waals surface area contributed by atoms with Crippen molar-refractivity contribution < 1.29 is 14.0 Å². The van der Waals surface area contributed by atoms with Crippen molar-refractivity contribution in [2.75, 3.05) is 13.1 Å². The van der Waals surface area contributed by atoms with Gasteiger partial charge in [0, 0.05) is 30.0 Å². The van der Waals surface area contributed by atoms with Crippen molar-refractivity contribution in [1.29, 1.82) is 0 Å². The van der Waals surface area contributed by atoms with Gasteiger partial charge in [-0.3, -0.25) is 9.59 Å². The summed E-state index contributed by atoms with van der Waals surface area (Å²) in [5, 5.41) is 0. The molecule has 1 fully saturated rings. The van der Waals surface area contributed by atoms with Crippen LogP contribution in [0.15, 0.2) is 78.0 Å². The van der Waals surface area contributed by atoms with E-state index in [1.54, 1.807) is 39.8 Å². The number of aromatic nitrogens is 1. The molecule has 0 bridgehead atoms. The lowest BCUT2D eigenvalue weighted by molar-refractivity contribution is -0.113. The Hall–Kier alpha value is -3.73. The van der Waals surface area contributed by atoms with Gasteiger partial charge in [-0.1, -0.05) is 42.5 Å². The number of benzene rings is 2. The number of carbonyl (C=O) groups excluding carboxylic acids is 2. The average molecular weight is 414 g/mol. The van der Waals surface area contributed by atoms with E-state index in [1.165, 1.54) is 6.07 Å². The van der Waals surface area contributed by atoms with Gasteiger partial charge >= 0.3 is 0 Å². The molecule has 5 heteroatoms. The van der Waals surface area contributed by atoms with Gasteiger partial charge in [0.1, 0.15) is 11.5 Å². The van der Waals surface area contributed by atoms with E-state index in [1.807, 2.05) is 56.6 Å². The zero-order valence-corrected chi connectivity index (χ0v) is 17.5. The highest BCUT2D eigenvalue weighted by Crippen LogP contribution is 2.25. The van der Waals surface area contributed by atoms with Crippen LogP contribution in [0.1, 0.15) is 27.2 Å². The number of Topliss-reactive ketones (excluding diaryl/α,β-unsaturated/α-hetero) is 1. The van der Waals surface area contributed by atoms with Crippen molar-refractivity contribution in [3.05, 3.63) is 106 Å². The molecule has 1 amide bonds. The van der Waals surface area contributed by atoms with E-state index >= 15 is 0 Å². The largest absolute Gasteiger partial charge is 0.347 e. The zero-order chi connectivity index (χ0) is 22.0. The molecule has 1 aliphatic heterocycles. The molecule has 2 aromatic carbocycles. The number of amides is 1. The van der Waals surface area contributed by atoms with Gasteiger partial charge in [0.05, 0.1) is 13.1 Å². The molecule has 0 atom stereocenters. The molecule has 0 radical (unpaired) electrons. The summed E-state index contributed by atoms with van der Waals surface area (Å²) in [7, 11) is 1.81. The van der Waals surface area contributed by atoms with Gasteiger partial charge in [-0.15, -0.1) is 0 Å². The number of rotatable bonds is 3. The summed E-state index contributed by atoms with van der Waals surface area (Å²) in [6.45, 7) is 2.30. The first-order valence-corrected chi connectivity index (χ1v) is 10.1. The first kappa shape index (κ1) is 20.5. The Labute approximate surface area is 180 Å². The minimum absolute atomic E-state index is 0.127. The van der Waals surface area contributed by atoms with E-state index in [2.05, 4.69) is 0 Å². The standard InChI is InChI=1S/C26H23FN2O2/c1-18-8-3-4-9-19(18)14-21-16-29(26(31)24-12-7-13-28(24)2)17-22(25(21)30)15-20-10-5-6-11-23(20)27/h3-15H,16-17H2,1-2H3/b21-14+,22-15+. The lowest BCUT2D eigenvalue weighted by Gasteiger charge is -2.30. The highest BCUT2D eigenvalue weighted by molar-refractivity contribution is 6.15. The molecule has 0 aliphatic carbocycles. The Morgan fingerprint density at radius 2 is 1.52 bits per heavy atom. The number of hydrogen-bond donors (Lipinski definition) is 0. The molecule has 0 unspecified atom stereocenters. The maximum atomic E-state index is 14.2. The summed E-state index contributed by atoms with van der Waals surface area (Å²) in [4.78, 5) is 28.1. The second-order valence-electron chi connectivity index (χ2n) is 7.71. The zero-order valence-electron chi connectivity index (χ0n) is 17.5. The highest BCUT2D eigenvalue weighted by atomic mass is 19.1. The van der Waals surface area contributed by atoms with Crippen LogP contribution in [0.5, 0.6) is 0 Å². The van der Waals surface area contributed by atoms with E-state index < -0.39 is 5.82 Å². The van der Waals surface area contributed by atoms with Crippen LogP contribution in [0.25, 0.3) is 12.2 Å². The summed E-state index contributed by atoms with van der Waals surface area (Å²) in [5.74, 6) is -0.740. The molecular formula is C26H23FN2O2. The highest BCUT2D eigenvalue weighted by Gasteiger charge is 2.30. The molecule has 4 rings (SSSR count). The second kappa shape index (κ2) is 8.56. The lowest BCUT2D eigenvalue weighted by Crippen LogP contribution is -2.42. The minimum Gasteiger partial charge on any atom is -0.347 e. The molecular weight excluding hydrogens is 391 g/mol. The van der Waals surface area contributed by atoms with Gasteiger partial charge in [0.15, 0.2) is 5.78 Å². The number of nitrogens with zero attached hydrogens (tertiary/aromatic N) is 2. The number of likely N-dealkylation sites (tertiary alicyclic amines) is 1. The van der Waals surface area contributed by atoms with Crippen molar-refractivity contribution in [3.63, 3.8) is 0 Å². The van der Waals surface area contributed by atoms with Crippen molar-refractivity contribution in [1.82, 2.24) is 9.47 Å². The van der Waals surface area contributed by atoms with Crippen LogP contribution in [-0.2, 0) is 11.8 Å². The number of carbonyl (C=O) groups is 2. The Morgan fingerprint density at radius 1 is 0.903 bits per heavy atom. The van der Waals surface area contributed by atoms with Crippen LogP contribution in [0.2, 0.25) is 0 Å². The lowest BCUT2D eigenvalue weighted by atomic mass is 9.93.